The average Bonchev–Trinajstić information content (AvgIpc) is 2.78. The number of primary amides is 1. The van der Waals surface area contributed by atoms with Gasteiger partial charge in [0.15, 0.2) is 18.1 Å². The van der Waals surface area contributed by atoms with Gasteiger partial charge in [-0.25, -0.2) is 0 Å². The zero-order valence-corrected chi connectivity index (χ0v) is 17.0. The third kappa shape index (κ3) is 5.72. The van der Waals surface area contributed by atoms with Crippen molar-refractivity contribution in [2.24, 2.45) is 5.73 Å². The Hall–Kier alpha value is -4.07. The Bertz CT molecular complexity index is 1130. The van der Waals surface area contributed by atoms with Crippen LogP contribution in [0.5, 0.6) is 11.5 Å². The molecule has 1 aromatic heterocycles. The fourth-order valence-corrected chi connectivity index (χ4v) is 2.98. The van der Waals surface area contributed by atoms with E-state index in [2.05, 4.69) is 5.32 Å². The SMILES string of the molecule is COc1cc(CNC(=O)c2cccn(Cc3ccccc3)c2=O)ccc1OCC(N)=O. The van der Waals surface area contributed by atoms with Crippen molar-refractivity contribution in [1.29, 1.82) is 0 Å². The van der Waals surface area contributed by atoms with Gasteiger partial charge < -0.3 is 25.1 Å². The summed E-state index contributed by atoms with van der Waals surface area (Å²) < 4.78 is 12.0. The summed E-state index contributed by atoms with van der Waals surface area (Å²) >= 11 is 0. The first-order chi connectivity index (χ1) is 15.0. The molecule has 8 heteroatoms. The highest BCUT2D eigenvalue weighted by molar-refractivity contribution is 5.93. The van der Waals surface area contributed by atoms with E-state index in [4.69, 9.17) is 15.2 Å². The molecule has 2 amide bonds. The summed E-state index contributed by atoms with van der Waals surface area (Å²) in [6, 6.07) is 17.7. The number of amides is 2. The third-order valence-electron chi connectivity index (χ3n) is 4.51. The van der Waals surface area contributed by atoms with Crippen LogP contribution >= 0.6 is 0 Å². The Morgan fingerprint density at radius 3 is 2.48 bits per heavy atom. The van der Waals surface area contributed by atoms with Crippen LogP contribution in [0.2, 0.25) is 0 Å². The molecule has 160 valence electrons. The van der Waals surface area contributed by atoms with Crippen LogP contribution in [0.4, 0.5) is 0 Å². The van der Waals surface area contributed by atoms with Crippen molar-refractivity contribution in [3.8, 4) is 11.5 Å². The monoisotopic (exact) mass is 421 g/mol. The Labute approximate surface area is 179 Å². The minimum atomic E-state index is -0.598. The second-order valence-corrected chi connectivity index (χ2v) is 6.76. The first-order valence-electron chi connectivity index (χ1n) is 9.57. The van der Waals surface area contributed by atoms with Gasteiger partial charge in [-0.15, -0.1) is 0 Å². The molecule has 0 fully saturated rings. The number of hydrogen-bond donors (Lipinski definition) is 2. The average molecular weight is 421 g/mol. The molecule has 0 spiro atoms. The predicted molar refractivity (Wildman–Crippen MR) is 115 cm³/mol. The van der Waals surface area contributed by atoms with Gasteiger partial charge in [-0.3, -0.25) is 14.4 Å². The maximum Gasteiger partial charge on any atom is 0.263 e. The van der Waals surface area contributed by atoms with Crippen molar-refractivity contribution in [2.45, 2.75) is 13.1 Å². The molecular weight excluding hydrogens is 398 g/mol. The summed E-state index contributed by atoms with van der Waals surface area (Å²) in [7, 11) is 1.47. The quantitative estimate of drug-likeness (QED) is 0.546. The van der Waals surface area contributed by atoms with Crippen LogP contribution in [-0.4, -0.2) is 30.1 Å². The van der Waals surface area contributed by atoms with E-state index in [9.17, 15) is 14.4 Å². The van der Waals surface area contributed by atoms with E-state index in [1.54, 1.807) is 30.5 Å². The van der Waals surface area contributed by atoms with E-state index in [0.29, 0.717) is 18.0 Å². The zero-order chi connectivity index (χ0) is 22.2. The molecule has 3 rings (SSSR count). The van der Waals surface area contributed by atoms with Gasteiger partial charge in [-0.1, -0.05) is 36.4 Å². The molecule has 0 unspecified atom stereocenters. The summed E-state index contributed by atoms with van der Waals surface area (Å²) in [5.74, 6) is -0.305. The normalized spacial score (nSPS) is 10.4. The Balaban J connectivity index is 1.69. The summed E-state index contributed by atoms with van der Waals surface area (Å²) in [6.07, 6.45) is 1.65. The Morgan fingerprint density at radius 2 is 1.77 bits per heavy atom. The van der Waals surface area contributed by atoms with Crippen LogP contribution in [0, 0.1) is 0 Å². The molecule has 2 aromatic carbocycles. The molecule has 0 bridgehead atoms. The first kappa shape index (κ1) is 21.6. The van der Waals surface area contributed by atoms with E-state index >= 15 is 0 Å². The number of methoxy groups -OCH3 is 1. The van der Waals surface area contributed by atoms with Gasteiger partial charge in [0, 0.05) is 12.7 Å². The van der Waals surface area contributed by atoms with E-state index in [0.717, 1.165) is 11.1 Å². The highest BCUT2D eigenvalue weighted by Crippen LogP contribution is 2.28. The van der Waals surface area contributed by atoms with Gasteiger partial charge in [0.1, 0.15) is 5.56 Å². The van der Waals surface area contributed by atoms with Crippen molar-refractivity contribution in [2.75, 3.05) is 13.7 Å². The van der Waals surface area contributed by atoms with Gasteiger partial charge in [-0.05, 0) is 35.4 Å². The number of benzene rings is 2. The first-order valence-corrected chi connectivity index (χ1v) is 9.57. The highest BCUT2D eigenvalue weighted by Gasteiger charge is 2.13. The third-order valence-corrected chi connectivity index (χ3v) is 4.51. The molecule has 8 nitrogen and oxygen atoms in total. The van der Waals surface area contributed by atoms with Gasteiger partial charge in [0.2, 0.25) is 0 Å². The van der Waals surface area contributed by atoms with Crippen molar-refractivity contribution in [3.63, 3.8) is 0 Å². The molecule has 0 aliphatic carbocycles. The minimum Gasteiger partial charge on any atom is -0.493 e. The van der Waals surface area contributed by atoms with Crippen LogP contribution in [-0.2, 0) is 17.9 Å². The number of ether oxygens (including phenoxy) is 2. The summed E-state index contributed by atoms with van der Waals surface area (Å²) in [5.41, 5.74) is 6.48. The smallest absolute Gasteiger partial charge is 0.263 e. The Kier molecular flexibility index (Phi) is 7.05. The van der Waals surface area contributed by atoms with Gasteiger partial charge in [0.25, 0.3) is 17.4 Å². The highest BCUT2D eigenvalue weighted by atomic mass is 16.5. The molecule has 3 aromatic rings. The number of carbonyl (C=O) groups excluding carboxylic acids is 2. The zero-order valence-electron chi connectivity index (χ0n) is 17.0. The van der Waals surface area contributed by atoms with Gasteiger partial charge >= 0.3 is 0 Å². The molecule has 0 saturated heterocycles. The molecule has 0 atom stereocenters. The van der Waals surface area contributed by atoms with Crippen LogP contribution in [0.3, 0.4) is 0 Å². The molecule has 3 N–H and O–H groups in total. The van der Waals surface area contributed by atoms with E-state index in [-0.39, 0.29) is 24.3 Å². The number of aromatic nitrogens is 1. The van der Waals surface area contributed by atoms with Crippen LogP contribution < -0.4 is 26.1 Å². The van der Waals surface area contributed by atoms with Crippen molar-refractivity contribution >= 4 is 11.8 Å². The van der Waals surface area contributed by atoms with Gasteiger partial charge in [0.05, 0.1) is 13.7 Å². The van der Waals surface area contributed by atoms with E-state index in [1.165, 1.54) is 17.7 Å². The Morgan fingerprint density at radius 1 is 1.00 bits per heavy atom. The largest absolute Gasteiger partial charge is 0.493 e. The van der Waals surface area contributed by atoms with Crippen LogP contribution in [0.15, 0.2) is 71.7 Å². The molecule has 0 aliphatic heterocycles. The second-order valence-electron chi connectivity index (χ2n) is 6.76. The number of nitrogens with one attached hydrogen (secondary N) is 1. The summed E-state index contributed by atoms with van der Waals surface area (Å²) in [5, 5.41) is 2.75. The standard InChI is InChI=1S/C23H23N3O5/c1-30-20-12-17(9-10-19(20)31-15-21(24)27)13-25-22(28)18-8-5-11-26(23(18)29)14-16-6-3-2-4-7-16/h2-12H,13-15H2,1H3,(H2,24,27)(H,25,28). The molecule has 1 heterocycles. The lowest BCUT2D eigenvalue weighted by Gasteiger charge is -2.12. The fraction of sp³-hybridized carbons (Fsp3) is 0.174. The number of carbonyl (C=O) groups is 2. The van der Waals surface area contributed by atoms with Crippen molar-refractivity contribution < 1.29 is 19.1 Å². The lowest BCUT2D eigenvalue weighted by molar-refractivity contribution is -0.119. The topological polar surface area (TPSA) is 113 Å². The van der Waals surface area contributed by atoms with Crippen molar-refractivity contribution in [1.82, 2.24) is 9.88 Å². The second kappa shape index (κ2) is 10.1. The van der Waals surface area contributed by atoms with E-state index in [1.807, 2.05) is 30.3 Å². The summed E-state index contributed by atoms with van der Waals surface area (Å²) in [4.78, 5) is 36.2. The number of hydrogen-bond acceptors (Lipinski definition) is 5. The molecule has 0 saturated carbocycles. The van der Waals surface area contributed by atoms with Crippen molar-refractivity contribution in [3.05, 3.63) is 93.9 Å². The number of rotatable bonds is 9. The number of nitrogens with two attached hydrogens (primary N) is 1. The fourth-order valence-electron chi connectivity index (χ4n) is 2.98. The predicted octanol–water partition coefficient (Wildman–Crippen LogP) is 1.70. The molecule has 0 aliphatic rings. The van der Waals surface area contributed by atoms with Crippen LogP contribution in [0.1, 0.15) is 21.5 Å². The number of pyridine rings is 1. The number of nitrogens with zero attached hydrogens (tertiary/aromatic N) is 1. The molecule has 31 heavy (non-hydrogen) atoms. The molecule has 0 radical (unpaired) electrons. The lowest BCUT2D eigenvalue weighted by Crippen LogP contribution is -2.32. The van der Waals surface area contributed by atoms with Crippen LogP contribution in [0.25, 0.3) is 0 Å². The van der Waals surface area contributed by atoms with E-state index < -0.39 is 11.8 Å². The minimum absolute atomic E-state index is 0.0619. The summed E-state index contributed by atoms with van der Waals surface area (Å²) in [6.45, 7) is 0.290. The lowest BCUT2D eigenvalue weighted by atomic mass is 10.2. The molecular formula is C23H23N3O5. The van der Waals surface area contributed by atoms with Gasteiger partial charge in [-0.2, -0.15) is 0 Å². The maximum absolute atomic E-state index is 12.7. The maximum atomic E-state index is 12.7.